The van der Waals surface area contributed by atoms with Gasteiger partial charge in [0.2, 0.25) is 0 Å². The minimum atomic E-state index is -4.38. The Labute approximate surface area is 267 Å². The number of halogens is 3. The number of hydrogen-bond acceptors (Lipinski definition) is 3. The van der Waals surface area contributed by atoms with Gasteiger partial charge < -0.3 is 10.1 Å². The number of nitrogens with zero attached hydrogens (tertiary/aromatic N) is 1. The summed E-state index contributed by atoms with van der Waals surface area (Å²) in [5, 5.41) is 12.8. The van der Waals surface area contributed by atoms with Gasteiger partial charge in [0, 0.05) is 43.2 Å². The predicted molar refractivity (Wildman–Crippen MR) is 167 cm³/mol. The van der Waals surface area contributed by atoms with Gasteiger partial charge in [-0.3, -0.25) is 4.79 Å². The molecular weight excluding hydrogens is 728 g/mol. The number of carbonyl (C=O) groups is 1. The summed E-state index contributed by atoms with van der Waals surface area (Å²) in [6.45, 7) is 17.1. The fourth-order valence-electron chi connectivity index (χ4n) is 4.56. The average Bonchev–Trinajstić information content (AvgIpc) is 2.91. The van der Waals surface area contributed by atoms with Gasteiger partial charge in [-0.25, -0.2) is 0 Å². The smallest absolute Gasteiger partial charge is 0.416 e. The van der Waals surface area contributed by atoms with Crippen LogP contribution in [0.15, 0.2) is 60.5 Å². The van der Waals surface area contributed by atoms with Crippen LogP contribution in [0.2, 0.25) is 0 Å². The van der Waals surface area contributed by atoms with E-state index in [2.05, 4.69) is 11.1 Å². The molecule has 43 heavy (non-hydrogen) atoms. The third kappa shape index (κ3) is 8.33. The molecule has 1 heterocycles. The quantitative estimate of drug-likeness (QED) is 0.0920. The molecule has 4 rings (SSSR count). The van der Waals surface area contributed by atoms with Crippen molar-refractivity contribution >= 4 is 27.3 Å². The van der Waals surface area contributed by atoms with Gasteiger partial charge in [0.05, 0.1) is 5.56 Å². The van der Waals surface area contributed by atoms with E-state index in [4.69, 9.17) is 0 Å². The van der Waals surface area contributed by atoms with Gasteiger partial charge in [-0.15, -0.1) is 34.9 Å². The average molecular weight is 769 g/mol. The summed E-state index contributed by atoms with van der Waals surface area (Å²) in [5.74, 6) is 0.195. The van der Waals surface area contributed by atoms with Crippen molar-refractivity contribution < 1.29 is 43.2 Å². The second kappa shape index (κ2) is 13.7. The summed E-state index contributed by atoms with van der Waals surface area (Å²) in [5.41, 5.74) is 2.62. The molecule has 4 aromatic rings. The number of aliphatic hydroxyl groups is 1. The van der Waals surface area contributed by atoms with Gasteiger partial charge in [-0.05, 0) is 64.7 Å². The topological polar surface area (TPSA) is 50.2 Å². The van der Waals surface area contributed by atoms with E-state index in [0.29, 0.717) is 5.39 Å². The maximum Gasteiger partial charge on any atom is 0.416 e. The second-order valence-corrected chi connectivity index (χ2v) is 12.3. The molecule has 3 aromatic carbocycles. The molecule has 0 saturated carbocycles. The van der Waals surface area contributed by atoms with E-state index >= 15 is 0 Å². The molecule has 0 atom stereocenters. The summed E-state index contributed by atoms with van der Waals surface area (Å²) in [6, 6.07) is 15.7. The number of fused-ring (bicyclic) bond motifs is 3. The van der Waals surface area contributed by atoms with Crippen LogP contribution in [-0.4, -0.2) is 15.9 Å². The molecule has 7 heteroatoms. The Bertz CT molecular complexity index is 1630. The zero-order chi connectivity index (χ0) is 31.6. The third-order valence-corrected chi connectivity index (χ3v) is 8.21. The first kappa shape index (κ1) is 36.2. The minimum absolute atomic E-state index is 0. The number of benzene rings is 3. The van der Waals surface area contributed by atoms with E-state index in [1.807, 2.05) is 79.7 Å². The number of carbonyl (C=O) groups excluding carboxylic acids is 1. The number of alkyl halides is 3. The van der Waals surface area contributed by atoms with Crippen LogP contribution >= 0.6 is 0 Å². The summed E-state index contributed by atoms with van der Waals surface area (Å²) >= 11 is 0. The summed E-state index contributed by atoms with van der Waals surface area (Å²) in [4.78, 5) is 16.3. The monoisotopic (exact) mass is 769 g/mol. The van der Waals surface area contributed by atoms with Crippen LogP contribution in [0.3, 0.4) is 0 Å². The molecule has 0 bridgehead atoms. The van der Waals surface area contributed by atoms with E-state index in [1.165, 1.54) is 19.1 Å². The molecule has 3 nitrogen and oxygen atoms in total. The molecule has 1 radical (unpaired) electrons. The first-order valence-electron chi connectivity index (χ1n) is 14.3. The molecule has 1 aromatic heterocycles. The van der Waals surface area contributed by atoms with Gasteiger partial charge in [0.1, 0.15) is 5.76 Å². The first-order chi connectivity index (χ1) is 19.4. The van der Waals surface area contributed by atoms with Gasteiger partial charge in [0.25, 0.3) is 0 Å². The molecule has 0 aliphatic rings. The molecule has 0 aliphatic heterocycles. The Morgan fingerprint density at radius 3 is 2.07 bits per heavy atom. The van der Waals surface area contributed by atoms with Crippen LogP contribution in [0.5, 0.6) is 0 Å². The van der Waals surface area contributed by atoms with Crippen molar-refractivity contribution in [3.63, 3.8) is 0 Å². The number of hydrogen-bond donors (Lipinski definition) is 1. The predicted octanol–water partition coefficient (Wildman–Crippen LogP) is 10.7. The fraction of sp³-hybridized carbons (Fsp3) is 0.389. The molecule has 0 aliphatic carbocycles. The molecular formula is C36H41F3IrNO2-. The first-order valence-corrected chi connectivity index (χ1v) is 14.3. The largest absolute Gasteiger partial charge is 0.512 e. The molecule has 233 valence electrons. The van der Waals surface area contributed by atoms with Crippen molar-refractivity contribution in [1.82, 2.24) is 4.98 Å². The number of ketones is 1. The second-order valence-electron chi connectivity index (χ2n) is 12.3. The van der Waals surface area contributed by atoms with Crippen molar-refractivity contribution in [2.75, 3.05) is 0 Å². The van der Waals surface area contributed by atoms with Crippen molar-refractivity contribution in [1.29, 1.82) is 0 Å². The normalized spacial score (nSPS) is 12.5. The number of pyridine rings is 1. The van der Waals surface area contributed by atoms with Crippen molar-refractivity contribution in [2.45, 2.75) is 81.3 Å². The third-order valence-electron chi connectivity index (χ3n) is 8.21. The number of aliphatic hydroxyl groups excluding tert-OH is 1. The Balaban J connectivity index is 0.000000348. The minimum Gasteiger partial charge on any atom is -0.512 e. The Kier molecular flexibility index (Phi) is 11.6. The van der Waals surface area contributed by atoms with Crippen LogP contribution in [0.25, 0.3) is 32.8 Å². The zero-order valence-electron chi connectivity index (χ0n) is 26.4. The van der Waals surface area contributed by atoms with Crippen LogP contribution in [0.1, 0.15) is 76.6 Å². The Morgan fingerprint density at radius 2 is 1.51 bits per heavy atom. The summed E-state index contributed by atoms with van der Waals surface area (Å²) < 4.78 is 40.2. The standard InChI is InChI=1S/C23H17F3N.C13H24O2.Ir/c1-13-8-14(2)10-17(9-13)22-19-5-4-16-11-15(3)21(23(24,25)26)12-20(16)18(19)6-7-27-22;1-7-12(3,4)10(14)9-11(15)13(5,6)8-2;/h4-9,11-12H,1-3H3;9,14H,7-8H2,1-6H3;/q-1;;/b;10-9-;. The van der Waals surface area contributed by atoms with Gasteiger partial charge in [0.15, 0.2) is 5.78 Å². The van der Waals surface area contributed by atoms with Crippen LogP contribution in [0, 0.1) is 37.7 Å². The van der Waals surface area contributed by atoms with Gasteiger partial charge in [-0.1, -0.05) is 73.6 Å². The molecule has 0 amide bonds. The number of aryl methyl sites for hydroxylation is 3. The molecule has 0 fully saturated rings. The molecule has 1 N–H and O–H groups in total. The van der Waals surface area contributed by atoms with Crippen LogP contribution < -0.4 is 0 Å². The number of allylic oxidation sites excluding steroid dienone is 2. The van der Waals surface area contributed by atoms with E-state index in [9.17, 15) is 23.1 Å². The summed E-state index contributed by atoms with van der Waals surface area (Å²) in [6.07, 6.45) is 0.262. The van der Waals surface area contributed by atoms with E-state index in [1.54, 1.807) is 18.3 Å². The SMILES string of the molecule is CCC(C)(C)C(=O)/C=C(\O)C(C)(C)CC.Cc1[c-]c(-c2nccc3c2ccc2cc(C)c(C(F)(F)F)cc23)cc(C)c1.[Ir]. The van der Waals surface area contributed by atoms with Gasteiger partial charge >= 0.3 is 6.18 Å². The van der Waals surface area contributed by atoms with E-state index in [-0.39, 0.29) is 48.0 Å². The van der Waals surface area contributed by atoms with E-state index in [0.717, 1.165) is 51.4 Å². The van der Waals surface area contributed by atoms with Crippen LogP contribution in [-0.2, 0) is 31.1 Å². The number of rotatable bonds is 6. The Morgan fingerprint density at radius 1 is 0.884 bits per heavy atom. The van der Waals surface area contributed by atoms with Gasteiger partial charge in [-0.2, -0.15) is 13.2 Å². The maximum atomic E-state index is 13.4. The zero-order valence-corrected chi connectivity index (χ0v) is 28.8. The fourth-order valence-corrected chi connectivity index (χ4v) is 4.56. The van der Waals surface area contributed by atoms with E-state index < -0.39 is 11.7 Å². The van der Waals surface area contributed by atoms with Crippen LogP contribution in [0.4, 0.5) is 13.2 Å². The number of aromatic nitrogens is 1. The molecule has 0 spiro atoms. The molecule has 0 saturated heterocycles. The Hall–Kier alpha value is -3.02. The van der Waals surface area contributed by atoms with Crippen molar-refractivity contribution in [2.24, 2.45) is 10.8 Å². The molecule has 0 unspecified atom stereocenters. The maximum absolute atomic E-state index is 13.4. The van der Waals surface area contributed by atoms with Crippen molar-refractivity contribution in [3.8, 4) is 11.3 Å². The van der Waals surface area contributed by atoms with Crippen molar-refractivity contribution in [3.05, 3.63) is 88.8 Å². The summed E-state index contributed by atoms with van der Waals surface area (Å²) in [7, 11) is 0.